The van der Waals surface area contributed by atoms with Crippen molar-refractivity contribution in [3.8, 4) is 0 Å². The molecular weight excluding hydrogens is 358 g/mol. The van der Waals surface area contributed by atoms with Gasteiger partial charge in [-0.2, -0.15) is 0 Å². The number of carbonyl (C=O) groups is 1. The lowest BCUT2D eigenvalue weighted by Gasteiger charge is -2.23. The fourth-order valence-corrected chi connectivity index (χ4v) is 3.52. The first-order valence-corrected chi connectivity index (χ1v) is 10.5. The van der Waals surface area contributed by atoms with Gasteiger partial charge in [-0.05, 0) is 29.3 Å². The predicted molar refractivity (Wildman–Crippen MR) is 106 cm³/mol. The molecule has 0 spiro atoms. The number of nitrogens with zero attached hydrogens (tertiary/aromatic N) is 1. The summed E-state index contributed by atoms with van der Waals surface area (Å²) in [5, 5.41) is 0. The average Bonchev–Trinajstić information content (AvgIpc) is 2.68. The normalized spacial score (nSPS) is 11.1. The van der Waals surface area contributed by atoms with Crippen LogP contribution in [0, 0.1) is 0 Å². The highest BCUT2D eigenvalue weighted by molar-refractivity contribution is 7.90. The SMILES string of the molecule is CS(=O)(=O)c1cccc(C(=O)N(Cc2ccccc2)Cc2ccccc2)c1. The third kappa shape index (κ3) is 5.05. The maximum atomic E-state index is 13.2. The zero-order valence-electron chi connectivity index (χ0n) is 15.1. The number of sulfone groups is 1. The van der Waals surface area contributed by atoms with Crippen LogP contribution < -0.4 is 0 Å². The van der Waals surface area contributed by atoms with Crippen LogP contribution in [0.25, 0.3) is 0 Å². The number of carbonyl (C=O) groups excluding carboxylic acids is 1. The molecule has 1 amide bonds. The van der Waals surface area contributed by atoms with Crippen molar-refractivity contribution in [3.63, 3.8) is 0 Å². The summed E-state index contributed by atoms with van der Waals surface area (Å²) in [6, 6.07) is 25.7. The molecule has 0 unspecified atom stereocenters. The van der Waals surface area contributed by atoms with Crippen LogP contribution in [0.3, 0.4) is 0 Å². The van der Waals surface area contributed by atoms with Gasteiger partial charge < -0.3 is 4.90 Å². The zero-order valence-corrected chi connectivity index (χ0v) is 15.9. The van der Waals surface area contributed by atoms with Gasteiger partial charge in [0.15, 0.2) is 9.84 Å². The third-order valence-electron chi connectivity index (χ3n) is 4.23. The summed E-state index contributed by atoms with van der Waals surface area (Å²) in [6.07, 6.45) is 1.14. The second-order valence-corrected chi connectivity index (χ2v) is 8.45. The molecule has 0 atom stereocenters. The van der Waals surface area contributed by atoms with Gasteiger partial charge in [-0.3, -0.25) is 4.79 Å². The van der Waals surface area contributed by atoms with Gasteiger partial charge in [0.2, 0.25) is 0 Å². The van der Waals surface area contributed by atoms with Crippen molar-refractivity contribution in [2.24, 2.45) is 0 Å². The summed E-state index contributed by atoms with van der Waals surface area (Å²) < 4.78 is 23.7. The Labute approximate surface area is 160 Å². The molecule has 5 heteroatoms. The minimum absolute atomic E-state index is 0.146. The van der Waals surface area contributed by atoms with Crippen LogP contribution in [0.2, 0.25) is 0 Å². The highest BCUT2D eigenvalue weighted by atomic mass is 32.2. The molecule has 0 aliphatic heterocycles. The van der Waals surface area contributed by atoms with Gasteiger partial charge in [-0.1, -0.05) is 66.7 Å². The van der Waals surface area contributed by atoms with Crippen molar-refractivity contribution in [2.75, 3.05) is 6.26 Å². The van der Waals surface area contributed by atoms with E-state index in [-0.39, 0.29) is 10.8 Å². The highest BCUT2D eigenvalue weighted by Gasteiger charge is 2.18. The number of rotatable bonds is 6. The monoisotopic (exact) mass is 379 g/mol. The zero-order chi connectivity index (χ0) is 19.3. The van der Waals surface area contributed by atoms with Crippen LogP contribution in [-0.4, -0.2) is 25.5 Å². The van der Waals surface area contributed by atoms with Crippen LogP contribution in [-0.2, 0) is 22.9 Å². The number of hydrogen-bond acceptors (Lipinski definition) is 3. The van der Waals surface area contributed by atoms with Gasteiger partial charge in [-0.15, -0.1) is 0 Å². The Morgan fingerprint density at radius 3 is 1.78 bits per heavy atom. The Morgan fingerprint density at radius 1 is 0.778 bits per heavy atom. The number of benzene rings is 3. The van der Waals surface area contributed by atoms with Gasteiger partial charge in [0, 0.05) is 24.9 Å². The molecule has 0 aromatic heterocycles. The van der Waals surface area contributed by atoms with Crippen molar-refractivity contribution in [1.29, 1.82) is 0 Å². The molecule has 3 rings (SSSR count). The molecule has 4 nitrogen and oxygen atoms in total. The molecule has 0 radical (unpaired) electrons. The van der Waals surface area contributed by atoms with Crippen LogP contribution in [0.4, 0.5) is 0 Å². The molecule has 138 valence electrons. The maximum absolute atomic E-state index is 13.2. The number of hydrogen-bond donors (Lipinski definition) is 0. The lowest BCUT2D eigenvalue weighted by Crippen LogP contribution is -2.30. The molecule has 0 aliphatic rings. The van der Waals surface area contributed by atoms with Gasteiger partial charge in [0.1, 0.15) is 0 Å². The summed E-state index contributed by atoms with van der Waals surface area (Å²) >= 11 is 0. The van der Waals surface area contributed by atoms with Crippen molar-refractivity contribution >= 4 is 15.7 Å². The van der Waals surface area contributed by atoms with Crippen molar-refractivity contribution in [2.45, 2.75) is 18.0 Å². The molecule has 3 aromatic carbocycles. The summed E-state index contributed by atoms with van der Waals surface area (Å²) in [4.78, 5) is 15.0. The standard InChI is InChI=1S/C22H21NO3S/c1-27(25,26)21-14-8-13-20(15-21)22(24)23(16-18-9-4-2-5-10-18)17-19-11-6-3-7-12-19/h2-15H,16-17H2,1H3. The van der Waals surface area contributed by atoms with E-state index in [1.165, 1.54) is 12.1 Å². The molecule has 3 aromatic rings. The fraction of sp³-hybridized carbons (Fsp3) is 0.136. The van der Waals surface area contributed by atoms with Gasteiger partial charge in [0.25, 0.3) is 5.91 Å². The first-order chi connectivity index (χ1) is 12.9. The molecule has 0 heterocycles. The van der Waals surface area contributed by atoms with Crippen LogP contribution in [0.1, 0.15) is 21.5 Å². The van der Waals surface area contributed by atoms with E-state index < -0.39 is 9.84 Å². The van der Waals surface area contributed by atoms with E-state index in [9.17, 15) is 13.2 Å². The van der Waals surface area contributed by atoms with E-state index >= 15 is 0 Å². The fourth-order valence-electron chi connectivity index (χ4n) is 2.85. The Morgan fingerprint density at radius 2 is 1.30 bits per heavy atom. The van der Waals surface area contributed by atoms with Gasteiger partial charge >= 0.3 is 0 Å². The van der Waals surface area contributed by atoms with E-state index in [1.807, 2.05) is 60.7 Å². The Balaban J connectivity index is 1.93. The average molecular weight is 379 g/mol. The van der Waals surface area contributed by atoms with Crippen molar-refractivity contribution < 1.29 is 13.2 Å². The molecule has 27 heavy (non-hydrogen) atoms. The summed E-state index contributed by atoms with van der Waals surface area (Å²) in [5.74, 6) is -0.201. The van der Waals surface area contributed by atoms with Crippen molar-refractivity contribution in [1.82, 2.24) is 4.90 Å². The Kier molecular flexibility index (Phi) is 5.72. The van der Waals surface area contributed by atoms with Crippen LogP contribution in [0.5, 0.6) is 0 Å². The predicted octanol–water partition coefficient (Wildman–Crippen LogP) is 3.93. The first kappa shape index (κ1) is 18.9. The van der Waals surface area contributed by atoms with Gasteiger partial charge in [0.05, 0.1) is 4.90 Å². The smallest absolute Gasteiger partial charge is 0.254 e. The third-order valence-corrected chi connectivity index (χ3v) is 5.34. The Hall–Kier alpha value is -2.92. The van der Waals surface area contributed by atoms with E-state index in [0.29, 0.717) is 18.7 Å². The quantitative estimate of drug-likeness (QED) is 0.652. The molecule has 0 bridgehead atoms. The van der Waals surface area contributed by atoms with Crippen LogP contribution >= 0.6 is 0 Å². The second-order valence-electron chi connectivity index (χ2n) is 6.43. The van der Waals surface area contributed by atoms with Gasteiger partial charge in [-0.25, -0.2) is 8.42 Å². The van der Waals surface area contributed by atoms with E-state index in [2.05, 4.69) is 0 Å². The first-order valence-electron chi connectivity index (χ1n) is 8.61. The molecule has 0 aliphatic carbocycles. The summed E-state index contributed by atoms with van der Waals surface area (Å²) in [7, 11) is -3.37. The molecule has 0 N–H and O–H groups in total. The van der Waals surface area contributed by atoms with E-state index in [4.69, 9.17) is 0 Å². The minimum atomic E-state index is -3.37. The maximum Gasteiger partial charge on any atom is 0.254 e. The topological polar surface area (TPSA) is 54.5 Å². The molecule has 0 saturated heterocycles. The highest BCUT2D eigenvalue weighted by Crippen LogP contribution is 2.17. The van der Waals surface area contributed by atoms with E-state index in [1.54, 1.807) is 17.0 Å². The largest absolute Gasteiger partial charge is 0.330 e. The Bertz CT molecular complexity index is 974. The summed E-state index contributed by atoms with van der Waals surface area (Å²) in [6.45, 7) is 0.884. The lowest BCUT2D eigenvalue weighted by atomic mass is 10.1. The summed E-state index contributed by atoms with van der Waals surface area (Å²) in [5.41, 5.74) is 2.40. The molecule has 0 saturated carbocycles. The second kappa shape index (κ2) is 8.18. The number of amides is 1. The molecule has 0 fully saturated rings. The van der Waals surface area contributed by atoms with Crippen LogP contribution in [0.15, 0.2) is 89.8 Å². The van der Waals surface area contributed by atoms with Crippen molar-refractivity contribution in [3.05, 3.63) is 102 Å². The lowest BCUT2D eigenvalue weighted by molar-refractivity contribution is 0.0730. The van der Waals surface area contributed by atoms with E-state index in [0.717, 1.165) is 17.4 Å². The minimum Gasteiger partial charge on any atom is -0.330 e. The molecular formula is C22H21NO3S.